The third-order valence-electron chi connectivity index (χ3n) is 3.19. The molecular formula is C9H10N2O5. The minimum absolute atomic E-state index is 0.0328. The van der Waals surface area contributed by atoms with Gasteiger partial charge in [-0.15, -0.1) is 0 Å². The molecule has 3 aliphatic rings. The molecule has 3 aliphatic heterocycles. The van der Waals surface area contributed by atoms with Crippen LogP contribution in [0, 0.1) is 0 Å². The summed E-state index contributed by atoms with van der Waals surface area (Å²) in [5.74, 6) is -1.21. The van der Waals surface area contributed by atoms with Crippen molar-refractivity contribution in [1.82, 2.24) is 9.80 Å². The lowest BCUT2D eigenvalue weighted by Gasteiger charge is -2.31. The molecule has 3 unspecified atom stereocenters. The van der Waals surface area contributed by atoms with Crippen LogP contribution in [-0.2, 0) is 19.1 Å². The van der Waals surface area contributed by atoms with E-state index in [-0.39, 0.29) is 30.7 Å². The maximum atomic E-state index is 11.3. The predicted molar refractivity (Wildman–Crippen MR) is 48.1 cm³/mol. The van der Waals surface area contributed by atoms with Crippen molar-refractivity contribution in [2.45, 2.75) is 24.8 Å². The Kier molecular flexibility index (Phi) is 1.76. The van der Waals surface area contributed by atoms with Crippen LogP contribution >= 0.6 is 0 Å². The number of rotatable bonds is 3. The molecule has 2 amide bonds. The number of nitrogens with zero attached hydrogens (tertiary/aromatic N) is 2. The smallest absolute Gasteiger partial charge is 0.323 e. The van der Waals surface area contributed by atoms with Crippen LogP contribution in [0.1, 0.15) is 6.42 Å². The molecular weight excluding hydrogens is 216 g/mol. The number of carbonyl (C=O) groups is 3. The van der Waals surface area contributed by atoms with Crippen molar-refractivity contribution in [1.29, 1.82) is 0 Å². The summed E-state index contributed by atoms with van der Waals surface area (Å²) < 4.78 is 5.49. The van der Waals surface area contributed by atoms with Crippen LogP contribution in [0.25, 0.3) is 0 Å². The van der Waals surface area contributed by atoms with E-state index >= 15 is 0 Å². The summed E-state index contributed by atoms with van der Waals surface area (Å²) in [5, 5.41) is 8.56. The summed E-state index contributed by atoms with van der Waals surface area (Å²) in [4.78, 5) is 35.7. The zero-order valence-electron chi connectivity index (χ0n) is 8.33. The van der Waals surface area contributed by atoms with E-state index in [1.807, 2.05) is 0 Å². The number of ether oxygens (including phenoxy) is 1. The van der Waals surface area contributed by atoms with Gasteiger partial charge in [0.25, 0.3) is 0 Å². The zero-order valence-corrected chi connectivity index (χ0v) is 8.33. The van der Waals surface area contributed by atoms with E-state index in [2.05, 4.69) is 0 Å². The number of carboxylic acid groups (broad SMARTS) is 1. The molecule has 3 saturated heterocycles. The van der Waals surface area contributed by atoms with Gasteiger partial charge in [-0.25, -0.2) is 0 Å². The quantitative estimate of drug-likeness (QED) is 0.455. The number of hydrogen-bond acceptors (Lipinski definition) is 4. The highest BCUT2D eigenvalue weighted by Gasteiger charge is 2.58. The topological polar surface area (TPSA) is 86.9 Å². The molecule has 7 heteroatoms. The molecule has 0 aromatic heterocycles. The van der Waals surface area contributed by atoms with Crippen LogP contribution in [0.3, 0.4) is 0 Å². The average molecular weight is 226 g/mol. The van der Waals surface area contributed by atoms with Gasteiger partial charge in [-0.3, -0.25) is 14.4 Å². The molecule has 0 saturated carbocycles. The van der Waals surface area contributed by atoms with E-state index in [0.717, 1.165) is 0 Å². The molecule has 0 spiro atoms. The third-order valence-corrected chi connectivity index (χ3v) is 3.19. The summed E-state index contributed by atoms with van der Waals surface area (Å²) in [7, 11) is 0. The van der Waals surface area contributed by atoms with Gasteiger partial charge in [0.2, 0.25) is 11.8 Å². The first-order valence-electron chi connectivity index (χ1n) is 5.05. The van der Waals surface area contributed by atoms with E-state index in [0.29, 0.717) is 13.0 Å². The molecule has 0 aliphatic carbocycles. The van der Waals surface area contributed by atoms with Crippen molar-refractivity contribution in [2.75, 3.05) is 13.1 Å². The van der Waals surface area contributed by atoms with Gasteiger partial charge in [0.15, 0.2) is 0 Å². The third kappa shape index (κ3) is 1.21. The van der Waals surface area contributed by atoms with Crippen LogP contribution in [-0.4, -0.2) is 64.2 Å². The second kappa shape index (κ2) is 2.94. The van der Waals surface area contributed by atoms with Crippen LogP contribution in [0.4, 0.5) is 0 Å². The highest BCUT2D eigenvalue weighted by atomic mass is 16.5. The Morgan fingerprint density at radius 2 is 2.25 bits per heavy atom. The molecule has 0 aromatic rings. The first kappa shape index (κ1) is 9.59. The molecule has 0 bridgehead atoms. The van der Waals surface area contributed by atoms with Gasteiger partial charge in [0.05, 0.1) is 13.0 Å². The van der Waals surface area contributed by atoms with Gasteiger partial charge in [-0.2, -0.15) is 0 Å². The monoisotopic (exact) mass is 226 g/mol. The molecule has 0 aromatic carbocycles. The van der Waals surface area contributed by atoms with Crippen LogP contribution in [0.5, 0.6) is 0 Å². The normalized spacial score (nSPS) is 36.1. The lowest BCUT2D eigenvalue weighted by Crippen LogP contribution is -2.48. The Morgan fingerprint density at radius 1 is 1.50 bits per heavy atom. The van der Waals surface area contributed by atoms with Gasteiger partial charge in [-0.05, 0) is 0 Å². The lowest BCUT2D eigenvalue weighted by atomic mass is 10.2. The SMILES string of the molecule is O=C(O)CN1C(=O)C1C1CN2C(=O)CC2O1. The fourth-order valence-corrected chi connectivity index (χ4v) is 2.29. The molecule has 16 heavy (non-hydrogen) atoms. The number of carbonyl (C=O) groups excluding carboxylic acids is 2. The Balaban J connectivity index is 1.62. The van der Waals surface area contributed by atoms with Crippen molar-refractivity contribution >= 4 is 17.8 Å². The number of amides is 2. The zero-order chi connectivity index (χ0) is 11.4. The van der Waals surface area contributed by atoms with E-state index in [1.54, 1.807) is 4.90 Å². The number of hydrogen-bond donors (Lipinski definition) is 1. The average Bonchev–Trinajstić information content (AvgIpc) is 2.69. The fourth-order valence-electron chi connectivity index (χ4n) is 2.29. The van der Waals surface area contributed by atoms with Crippen LogP contribution in [0.15, 0.2) is 0 Å². The Bertz CT molecular complexity index is 395. The highest BCUT2D eigenvalue weighted by Crippen LogP contribution is 2.35. The lowest BCUT2D eigenvalue weighted by molar-refractivity contribution is -0.156. The second-order valence-corrected chi connectivity index (χ2v) is 4.18. The minimum atomic E-state index is -1.03. The molecule has 3 heterocycles. The molecule has 86 valence electrons. The molecule has 0 radical (unpaired) electrons. The van der Waals surface area contributed by atoms with Gasteiger partial charge in [0.1, 0.15) is 24.9 Å². The summed E-state index contributed by atoms with van der Waals surface area (Å²) in [6.07, 6.45) is -0.183. The summed E-state index contributed by atoms with van der Waals surface area (Å²) >= 11 is 0. The van der Waals surface area contributed by atoms with Gasteiger partial charge >= 0.3 is 5.97 Å². The molecule has 3 atom stereocenters. The Labute approximate surface area is 90.6 Å². The molecule has 7 nitrogen and oxygen atoms in total. The van der Waals surface area contributed by atoms with Crippen molar-refractivity contribution in [3.63, 3.8) is 0 Å². The fraction of sp³-hybridized carbons (Fsp3) is 0.667. The summed E-state index contributed by atoms with van der Waals surface area (Å²) in [5.41, 5.74) is 0. The molecule has 1 N–H and O–H groups in total. The van der Waals surface area contributed by atoms with Gasteiger partial charge in [0, 0.05) is 0 Å². The van der Waals surface area contributed by atoms with E-state index < -0.39 is 12.0 Å². The first-order valence-corrected chi connectivity index (χ1v) is 5.05. The standard InChI is InChI=1S/C9H10N2O5/c12-5-1-6-10(5)2-4(16-6)8-9(15)11(8)3-7(13)14/h4,6,8H,1-3H2,(H,13,14). The second-order valence-electron chi connectivity index (χ2n) is 4.18. The Hall–Kier alpha value is -1.63. The van der Waals surface area contributed by atoms with Crippen LogP contribution in [0.2, 0.25) is 0 Å². The van der Waals surface area contributed by atoms with Crippen molar-refractivity contribution in [3.05, 3.63) is 0 Å². The van der Waals surface area contributed by atoms with Gasteiger partial charge in [-0.1, -0.05) is 0 Å². The number of fused-ring (bicyclic) bond motifs is 1. The minimum Gasteiger partial charge on any atom is -0.480 e. The summed E-state index contributed by atoms with van der Waals surface area (Å²) in [6.45, 7) is 0.109. The van der Waals surface area contributed by atoms with Crippen LogP contribution < -0.4 is 0 Å². The first-order chi connectivity index (χ1) is 7.58. The number of carboxylic acids is 1. The van der Waals surface area contributed by atoms with E-state index in [4.69, 9.17) is 9.84 Å². The van der Waals surface area contributed by atoms with E-state index in [1.165, 1.54) is 4.90 Å². The largest absolute Gasteiger partial charge is 0.480 e. The van der Waals surface area contributed by atoms with Crippen molar-refractivity contribution in [2.24, 2.45) is 0 Å². The Morgan fingerprint density at radius 3 is 2.81 bits per heavy atom. The summed E-state index contributed by atoms with van der Waals surface area (Å²) in [6, 6.07) is -0.477. The van der Waals surface area contributed by atoms with E-state index in [9.17, 15) is 14.4 Å². The molecule has 3 rings (SSSR count). The molecule has 3 fully saturated rings. The van der Waals surface area contributed by atoms with Crippen molar-refractivity contribution < 1.29 is 24.2 Å². The van der Waals surface area contributed by atoms with Crippen molar-refractivity contribution in [3.8, 4) is 0 Å². The maximum Gasteiger partial charge on any atom is 0.323 e. The number of aliphatic carboxylic acids is 1. The maximum absolute atomic E-state index is 11.3. The highest BCUT2D eigenvalue weighted by molar-refractivity contribution is 6.00. The predicted octanol–water partition coefficient (Wildman–Crippen LogP) is -1.76. The number of β-lactam (4-membered cyclic amide) rings is 1. The van der Waals surface area contributed by atoms with Gasteiger partial charge < -0.3 is 19.6 Å².